The maximum Gasteiger partial charge on any atom is 0.224 e. The molecule has 2 aromatic heterocycles. The number of oxazole rings is 1. The minimum Gasteiger partial charge on any atom is -0.425 e. The molecule has 2 heterocycles. The molecule has 0 radical (unpaired) electrons. The van der Waals surface area contributed by atoms with Crippen LogP contribution in [-0.4, -0.2) is 9.55 Å². The smallest absolute Gasteiger partial charge is 0.224 e. The minimum absolute atomic E-state index is 0.686. The number of fused-ring (bicyclic) bond motifs is 1. The first-order valence-electron chi connectivity index (χ1n) is 5.25. The number of nitrogens with zero attached hydrogens (tertiary/aromatic N) is 2. The zero-order chi connectivity index (χ0) is 11.1. The molecule has 0 saturated carbocycles. The summed E-state index contributed by atoms with van der Waals surface area (Å²) >= 11 is 0. The van der Waals surface area contributed by atoms with Gasteiger partial charge in [-0.2, -0.15) is 0 Å². The molecule has 0 saturated heterocycles. The molecule has 0 aliphatic carbocycles. The molecule has 0 fully saturated rings. The van der Waals surface area contributed by atoms with E-state index in [1.807, 2.05) is 23.6 Å². The lowest BCUT2D eigenvalue weighted by Crippen LogP contribution is -1.88. The van der Waals surface area contributed by atoms with E-state index in [0.717, 1.165) is 11.4 Å². The van der Waals surface area contributed by atoms with E-state index in [-0.39, 0.29) is 0 Å². The number of aryl methyl sites for hydroxylation is 2. The largest absolute Gasteiger partial charge is 0.425 e. The lowest BCUT2D eigenvalue weighted by Gasteiger charge is -1.98. The SMILES string of the molecule is Cc1ncc(-n2cc(C)c3ccccc32)o1. The summed E-state index contributed by atoms with van der Waals surface area (Å²) in [5.74, 6) is 1.45. The summed E-state index contributed by atoms with van der Waals surface area (Å²) < 4.78 is 7.58. The first-order valence-corrected chi connectivity index (χ1v) is 5.25. The normalized spacial score (nSPS) is 11.1. The average molecular weight is 212 g/mol. The van der Waals surface area contributed by atoms with E-state index in [4.69, 9.17) is 4.42 Å². The molecule has 0 aliphatic rings. The van der Waals surface area contributed by atoms with Gasteiger partial charge in [0.1, 0.15) is 0 Å². The Kier molecular flexibility index (Phi) is 1.86. The van der Waals surface area contributed by atoms with Crippen molar-refractivity contribution in [3.63, 3.8) is 0 Å². The van der Waals surface area contributed by atoms with Gasteiger partial charge in [0.2, 0.25) is 5.88 Å². The fourth-order valence-corrected chi connectivity index (χ4v) is 1.99. The van der Waals surface area contributed by atoms with Crippen molar-refractivity contribution in [1.29, 1.82) is 0 Å². The molecule has 1 aromatic carbocycles. The van der Waals surface area contributed by atoms with E-state index < -0.39 is 0 Å². The Morgan fingerprint density at radius 1 is 1.19 bits per heavy atom. The van der Waals surface area contributed by atoms with Crippen LogP contribution in [0.3, 0.4) is 0 Å². The van der Waals surface area contributed by atoms with Crippen molar-refractivity contribution in [1.82, 2.24) is 9.55 Å². The van der Waals surface area contributed by atoms with Crippen molar-refractivity contribution < 1.29 is 4.42 Å². The summed E-state index contributed by atoms with van der Waals surface area (Å²) in [6, 6.07) is 8.28. The van der Waals surface area contributed by atoms with Crippen molar-refractivity contribution in [2.45, 2.75) is 13.8 Å². The van der Waals surface area contributed by atoms with Gasteiger partial charge in [0, 0.05) is 18.5 Å². The molecule has 3 aromatic rings. The van der Waals surface area contributed by atoms with Crippen molar-refractivity contribution in [2.75, 3.05) is 0 Å². The highest BCUT2D eigenvalue weighted by Gasteiger charge is 2.09. The van der Waals surface area contributed by atoms with E-state index in [0.29, 0.717) is 5.89 Å². The third kappa shape index (κ3) is 1.25. The fraction of sp³-hybridized carbons (Fsp3) is 0.154. The number of rotatable bonds is 1. The first-order chi connectivity index (χ1) is 7.75. The summed E-state index contributed by atoms with van der Waals surface area (Å²) in [5.41, 5.74) is 2.39. The van der Waals surface area contributed by atoms with Crippen LogP contribution in [0.5, 0.6) is 0 Å². The summed E-state index contributed by atoms with van der Waals surface area (Å²) in [5, 5.41) is 1.25. The second-order valence-electron chi connectivity index (χ2n) is 3.92. The number of para-hydroxylation sites is 1. The lowest BCUT2D eigenvalue weighted by molar-refractivity contribution is 0.503. The van der Waals surface area contributed by atoms with Gasteiger partial charge in [-0.25, -0.2) is 4.98 Å². The van der Waals surface area contributed by atoms with Crippen LogP contribution in [0.2, 0.25) is 0 Å². The van der Waals surface area contributed by atoms with Gasteiger partial charge in [-0.05, 0) is 18.6 Å². The van der Waals surface area contributed by atoms with Gasteiger partial charge < -0.3 is 4.42 Å². The third-order valence-electron chi connectivity index (χ3n) is 2.76. The third-order valence-corrected chi connectivity index (χ3v) is 2.76. The van der Waals surface area contributed by atoms with Crippen LogP contribution < -0.4 is 0 Å². The van der Waals surface area contributed by atoms with Gasteiger partial charge in [-0.15, -0.1) is 0 Å². The highest BCUT2D eigenvalue weighted by Crippen LogP contribution is 2.24. The zero-order valence-corrected chi connectivity index (χ0v) is 9.27. The molecule has 0 spiro atoms. The predicted molar refractivity (Wildman–Crippen MR) is 62.8 cm³/mol. The standard InChI is InChI=1S/C13H12N2O/c1-9-8-15(13-7-14-10(2)16-13)12-6-4-3-5-11(9)12/h3-8H,1-2H3. The highest BCUT2D eigenvalue weighted by molar-refractivity contribution is 5.84. The molecule has 0 N–H and O–H groups in total. The molecular formula is C13H12N2O. The van der Waals surface area contributed by atoms with Gasteiger partial charge in [0.15, 0.2) is 5.89 Å². The van der Waals surface area contributed by atoms with Gasteiger partial charge >= 0.3 is 0 Å². The molecule has 0 amide bonds. The van der Waals surface area contributed by atoms with Crippen molar-refractivity contribution in [2.24, 2.45) is 0 Å². The van der Waals surface area contributed by atoms with Crippen LogP contribution in [0, 0.1) is 13.8 Å². The molecular weight excluding hydrogens is 200 g/mol. The minimum atomic E-state index is 0.686. The van der Waals surface area contributed by atoms with Gasteiger partial charge in [0.25, 0.3) is 0 Å². The molecule has 0 unspecified atom stereocenters. The first kappa shape index (κ1) is 9.21. The summed E-state index contributed by atoms with van der Waals surface area (Å²) in [4.78, 5) is 4.12. The number of hydrogen-bond acceptors (Lipinski definition) is 2. The number of hydrogen-bond donors (Lipinski definition) is 0. The Hall–Kier alpha value is -2.03. The zero-order valence-electron chi connectivity index (χ0n) is 9.27. The van der Waals surface area contributed by atoms with Crippen LogP contribution in [0.4, 0.5) is 0 Å². The molecule has 0 atom stereocenters. The maximum absolute atomic E-state index is 5.54. The van der Waals surface area contributed by atoms with Gasteiger partial charge in [-0.1, -0.05) is 18.2 Å². The molecule has 0 aliphatic heterocycles. The van der Waals surface area contributed by atoms with Crippen LogP contribution in [0.25, 0.3) is 16.8 Å². The molecule has 80 valence electrons. The van der Waals surface area contributed by atoms with E-state index in [1.54, 1.807) is 6.20 Å². The van der Waals surface area contributed by atoms with E-state index in [2.05, 4.69) is 30.2 Å². The van der Waals surface area contributed by atoms with E-state index in [9.17, 15) is 0 Å². The Morgan fingerprint density at radius 3 is 2.75 bits per heavy atom. The summed E-state index contributed by atoms with van der Waals surface area (Å²) in [7, 11) is 0. The Bertz CT molecular complexity index is 649. The maximum atomic E-state index is 5.54. The Balaban J connectivity index is 2.32. The van der Waals surface area contributed by atoms with Crippen LogP contribution in [-0.2, 0) is 0 Å². The Morgan fingerprint density at radius 2 is 2.00 bits per heavy atom. The second kappa shape index (κ2) is 3.23. The summed E-state index contributed by atoms with van der Waals surface area (Å²) in [6.45, 7) is 3.95. The van der Waals surface area contributed by atoms with Gasteiger partial charge in [-0.3, -0.25) is 4.57 Å². The Labute approximate surface area is 93.3 Å². The average Bonchev–Trinajstić information content (AvgIpc) is 2.84. The quantitative estimate of drug-likeness (QED) is 0.620. The monoisotopic (exact) mass is 212 g/mol. The van der Waals surface area contributed by atoms with E-state index >= 15 is 0 Å². The van der Waals surface area contributed by atoms with Crippen molar-refractivity contribution >= 4 is 10.9 Å². The second-order valence-corrected chi connectivity index (χ2v) is 3.92. The van der Waals surface area contributed by atoms with E-state index in [1.165, 1.54) is 10.9 Å². The lowest BCUT2D eigenvalue weighted by atomic mass is 10.2. The van der Waals surface area contributed by atoms with Crippen LogP contribution in [0.15, 0.2) is 41.1 Å². The number of aromatic nitrogens is 2. The van der Waals surface area contributed by atoms with Crippen molar-refractivity contribution in [3.8, 4) is 5.88 Å². The predicted octanol–water partition coefficient (Wildman–Crippen LogP) is 3.24. The number of benzene rings is 1. The molecule has 3 nitrogen and oxygen atoms in total. The topological polar surface area (TPSA) is 31.0 Å². The van der Waals surface area contributed by atoms with Gasteiger partial charge in [0.05, 0.1) is 11.7 Å². The fourth-order valence-electron chi connectivity index (χ4n) is 1.99. The van der Waals surface area contributed by atoms with Crippen molar-refractivity contribution in [3.05, 3.63) is 48.1 Å². The molecule has 3 heteroatoms. The van der Waals surface area contributed by atoms with Crippen LogP contribution in [0.1, 0.15) is 11.5 Å². The molecule has 0 bridgehead atoms. The molecule has 16 heavy (non-hydrogen) atoms. The highest BCUT2D eigenvalue weighted by atomic mass is 16.4. The van der Waals surface area contributed by atoms with Crippen LogP contribution >= 0.6 is 0 Å². The summed E-state index contributed by atoms with van der Waals surface area (Å²) in [6.07, 6.45) is 3.83. The molecule has 3 rings (SSSR count).